The first-order valence-corrected chi connectivity index (χ1v) is 9.22. The van der Waals surface area contributed by atoms with Crippen molar-refractivity contribution in [3.63, 3.8) is 0 Å². The molecule has 0 spiro atoms. The van der Waals surface area contributed by atoms with E-state index in [2.05, 4.69) is 46.3 Å². The number of thiophene rings is 1. The van der Waals surface area contributed by atoms with E-state index in [1.807, 2.05) is 11.4 Å². The summed E-state index contributed by atoms with van der Waals surface area (Å²) in [7, 11) is 0. The minimum Gasteiger partial charge on any atom is -0.380 e. The van der Waals surface area contributed by atoms with Crippen LogP contribution in [-0.4, -0.2) is 43.5 Å². The third-order valence-corrected chi connectivity index (χ3v) is 5.37. The van der Waals surface area contributed by atoms with Crippen LogP contribution < -0.4 is 16.0 Å². The number of benzene rings is 1. The van der Waals surface area contributed by atoms with Gasteiger partial charge in [-0.25, -0.2) is 0 Å². The lowest BCUT2D eigenvalue weighted by Gasteiger charge is -2.35. The fourth-order valence-electron chi connectivity index (χ4n) is 2.93. The average Bonchev–Trinajstić information content (AvgIpc) is 3.10. The predicted molar refractivity (Wildman–Crippen MR) is 101 cm³/mol. The number of anilines is 2. The summed E-state index contributed by atoms with van der Waals surface area (Å²) in [5.41, 5.74) is 8.24. The zero-order valence-corrected chi connectivity index (χ0v) is 14.8. The number of amides is 1. The summed E-state index contributed by atoms with van der Waals surface area (Å²) in [5, 5.41) is 5.24. The monoisotopic (exact) mass is 344 g/mol. The van der Waals surface area contributed by atoms with Crippen molar-refractivity contribution in [3.05, 3.63) is 46.2 Å². The molecule has 0 saturated carbocycles. The molecule has 1 aromatic carbocycles. The van der Waals surface area contributed by atoms with Crippen molar-refractivity contribution >= 4 is 28.6 Å². The summed E-state index contributed by atoms with van der Waals surface area (Å²) < 4.78 is 0. The van der Waals surface area contributed by atoms with E-state index in [4.69, 9.17) is 5.73 Å². The lowest BCUT2D eigenvalue weighted by Crippen LogP contribution is -2.46. The zero-order valence-electron chi connectivity index (χ0n) is 14.0. The lowest BCUT2D eigenvalue weighted by molar-refractivity contribution is 0.100. The molecule has 1 aliphatic heterocycles. The van der Waals surface area contributed by atoms with E-state index in [0.29, 0.717) is 12.1 Å². The maximum atomic E-state index is 11.2. The maximum Gasteiger partial charge on any atom is 0.249 e. The molecule has 2 aromatic rings. The van der Waals surface area contributed by atoms with Crippen LogP contribution in [0.25, 0.3) is 0 Å². The molecule has 0 unspecified atom stereocenters. The van der Waals surface area contributed by atoms with E-state index < -0.39 is 0 Å². The number of carbonyl (C=O) groups is 1. The van der Waals surface area contributed by atoms with Gasteiger partial charge in [0, 0.05) is 54.4 Å². The third kappa shape index (κ3) is 4.07. The number of piperazine rings is 1. The second-order valence-electron chi connectivity index (χ2n) is 5.99. The minimum absolute atomic E-state index is 0.370. The maximum absolute atomic E-state index is 11.2. The highest BCUT2D eigenvalue weighted by Crippen LogP contribution is 2.22. The van der Waals surface area contributed by atoms with E-state index in [9.17, 15) is 4.79 Å². The van der Waals surface area contributed by atoms with Gasteiger partial charge in [-0.15, -0.1) is 11.3 Å². The van der Waals surface area contributed by atoms with Crippen molar-refractivity contribution in [3.8, 4) is 0 Å². The molecule has 0 atom stereocenters. The van der Waals surface area contributed by atoms with Gasteiger partial charge in [-0.3, -0.25) is 4.79 Å². The molecule has 1 aliphatic rings. The van der Waals surface area contributed by atoms with E-state index >= 15 is 0 Å². The van der Waals surface area contributed by atoms with Crippen LogP contribution >= 0.6 is 11.3 Å². The number of rotatable bonds is 6. The number of nitrogens with zero attached hydrogens (tertiary/aromatic N) is 2. The molecule has 2 heterocycles. The molecule has 5 nitrogen and oxygen atoms in total. The molecule has 1 fully saturated rings. The Morgan fingerprint density at radius 1 is 1.25 bits per heavy atom. The highest BCUT2D eigenvalue weighted by atomic mass is 32.1. The van der Waals surface area contributed by atoms with Crippen LogP contribution in [0.2, 0.25) is 0 Å². The van der Waals surface area contributed by atoms with Gasteiger partial charge in [0.2, 0.25) is 5.91 Å². The predicted octanol–water partition coefficient (Wildman–Crippen LogP) is 2.60. The Bertz CT molecular complexity index is 692. The number of hydrogen-bond acceptors (Lipinski definition) is 5. The number of likely N-dealkylation sites (N-methyl/N-ethyl adjacent to an activating group) is 1. The molecular weight excluding hydrogens is 320 g/mol. The smallest absolute Gasteiger partial charge is 0.249 e. The molecule has 0 bridgehead atoms. The molecular formula is C18H24N4OS. The van der Waals surface area contributed by atoms with Crippen LogP contribution in [0.15, 0.2) is 35.7 Å². The van der Waals surface area contributed by atoms with E-state index in [0.717, 1.165) is 43.3 Å². The third-order valence-electron chi connectivity index (χ3n) is 4.44. The van der Waals surface area contributed by atoms with Crippen molar-refractivity contribution < 1.29 is 4.79 Å². The van der Waals surface area contributed by atoms with Gasteiger partial charge in [-0.2, -0.15) is 0 Å². The number of nitrogens with one attached hydrogen (secondary N) is 1. The highest BCUT2D eigenvalue weighted by molar-refractivity contribution is 7.10. The Morgan fingerprint density at radius 2 is 2.04 bits per heavy atom. The van der Waals surface area contributed by atoms with Crippen LogP contribution in [0.4, 0.5) is 11.4 Å². The Balaban J connectivity index is 1.59. The van der Waals surface area contributed by atoms with Gasteiger partial charge in [0.1, 0.15) is 0 Å². The Hall–Kier alpha value is -2.05. The number of nitrogens with two attached hydrogens (primary N) is 1. The van der Waals surface area contributed by atoms with Crippen LogP contribution in [0.3, 0.4) is 0 Å². The molecule has 1 amide bonds. The van der Waals surface area contributed by atoms with Crippen molar-refractivity contribution in [2.24, 2.45) is 5.73 Å². The fraction of sp³-hybridized carbons (Fsp3) is 0.389. The van der Waals surface area contributed by atoms with E-state index in [-0.39, 0.29) is 5.91 Å². The van der Waals surface area contributed by atoms with Gasteiger partial charge in [0.15, 0.2) is 0 Å². The minimum atomic E-state index is -0.370. The largest absolute Gasteiger partial charge is 0.380 e. The topological polar surface area (TPSA) is 61.6 Å². The quantitative estimate of drug-likeness (QED) is 0.846. The molecule has 6 heteroatoms. The molecule has 128 valence electrons. The van der Waals surface area contributed by atoms with Gasteiger partial charge in [0.05, 0.1) is 5.56 Å². The summed E-state index contributed by atoms with van der Waals surface area (Å²) >= 11 is 1.55. The van der Waals surface area contributed by atoms with E-state index in [1.165, 1.54) is 5.69 Å². The standard InChI is InChI=1S/C18H24N4OS/c1-2-21-6-8-22(9-7-21)16-5-3-4-15(11-16)20-12-17-10-14(13-24-17)18(19)23/h3-5,10-11,13,20H,2,6-9,12H2,1H3,(H2,19,23). The summed E-state index contributed by atoms with van der Waals surface area (Å²) in [6.07, 6.45) is 0. The first kappa shape index (κ1) is 16.8. The first-order valence-electron chi connectivity index (χ1n) is 8.34. The molecule has 24 heavy (non-hydrogen) atoms. The van der Waals surface area contributed by atoms with Gasteiger partial charge < -0.3 is 20.9 Å². The van der Waals surface area contributed by atoms with E-state index in [1.54, 1.807) is 11.3 Å². The Morgan fingerprint density at radius 3 is 2.71 bits per heavy atom. The molecule has 0 aliphatic carbocycles. The summed E-state index contributed by atoms with van der Waals surface area (Å²) in [6.45, 7) is 8.44. The molecule has 1 saturated heterocycles. The fourth-order valence-corrected chi connectivity index (χ4v) is 3.74. The van der Waals surface area contributed by atoms with Gasteiger partial charge in [-0.05, 0) is 30.8 Å². The first-order chi connectivity index (χ1) is 11.7. The van der Waals surface area contributed by atoms with Crippen molar-refractivity contribution in [2.45, 2.75) is 13.5 Å². The van der Waals surface area contributed by atoms with Crippen LogP contribution in [0.1, 0.15) is 22.2 Å². The van der Waals surface area contributed by atoms with Crippen LogP contribution in [-0.2, 0) is 6.54 Å². The van der Waals surface area contributed by atoms with Crippen LogP contribution in [0, 0.1) is 0 Å². The second-order valence-corrected chi connectivity index (χ2v) is 6.99. The van der Waals surface area contributed by atoms with Crippen molar-refractivity contribution in [2.75, 3.05) is 42.9 Å². The second kappa shape index (κ2) is 7.68. The summed E-state index contributed by atoms with van der Waals surface area (Å²) in [5.74, 6) is -0.370. The van der Waals surface area contributed by atoms with Gasteiger partial charge in [0.25, 0.3) is 0 Å². The van der Waals surface area contributed by atoms with Gasteiger partial charge >= 0.3 is 0 Å². The number of carbonyl (C=O) groups excluding carboxylic acids is 1. The Labute approximate surface area is 147 Å². The average molecular weight is 344 g/mol. The zero-order chi connectivity index (χ0) is 16.9. The summed E-state index contributed by atoms with van der Waals surface area (Å²) in [6, 6.07) is 10.4. The summed E-state index contributed by atoms with van der Waals surface area (Å²) in [4.78, 5) is 17.2. The lowest BCUT2D eigenvalue weighted by atomic mass is 10.2. The number of primary amides is 1. The Kier molecular flexibility index (Phi) is 5.37. The molecule has 3 N–H and O–H groups in total. The van der Waals surface area contributed by atoms with Crippen LogP contribution in [0.5, 0.6) is 0 Å². The molecule has 1 aromatic heterocycles. The molecule has 3 rings (SSSR count). The number of hydrogen-bond donors (Lipinski definition) is 2. The molecule has 0 radical (unpaired) electrons. The normalized spacial score (nSPS) is 15.5. The SMILES string of the molecule is CCN1CCN(c2cccc(NCc3cc(C(N)=O)cs3)c2)CC1. The van der Waals surface area contributed by atoms with Gasteiger partial charge in [-0.1, -0.05) is 13.0 Å². The van der Waals surface area contributed by atoms with Crippen molar-refractivity contribution in [1.82, 2.24) is 4.90 Å². The highest BCUT2D eigenvalue weighted by Gasteiger charge is 2.15. The van der Waals surface area contributed by atoms with Crippen molar-refractivity contribution in [1.29, 1.82) is 0 Å².